The van der Waals surface area contributed by atoms with Crippen molar-refractivity contribution in [3.8, 4) is 0 Å². The fourth-order valence-corrected chi connectivity index (χ4v) is 2.58. The smallest absolute Gasteiger partial charge is 0.220 e. The molecule has 1 rings (SSSR count). The molecule has 88 valence electrons. The molecule has 0 heterocycles. The third-order valence-corrected chi connectivity index (χ3v) is 3.90. The first-order chi connectivity index (χ1) is 7.33. The SMILES string of the molecule is O=C(CCC1CCCCC1)NCCCI. The van der Waals surface area contributed by atoms with Crippen molar-refractivity contribution in [2.24, 2.45) is 5.92 Å². The van der Waals surface area contributed by atoms with Crippen molar-refractivity contribution in [2.75, 3.05) is 11.0 Å². The predicted octanol–water partition coefficient (Wildman–Crippen LogP) is 3.29. The van der Waals surface area contributed by atoms with Crippen LogP contribution in [0, 0.1) is 5.92 Å². The number of halogens is 1. The lowest BCUT2D eigenvalue weighted by Crippen LogP contribution is -2.25. The number of hydrogen-bond donors (Lipinski definition) is 1. The maximum Gasteiger partial charge on any atom is 0.220 e. The molecular formula is C12H22INO. The van der Waals surface area contributed by atoms with Crippen molar-refractivity contribution in [2.45, 2.75) is 51.4 Å². The molecule has 15 heavy (non-hydrogen) atoms. The molecular weight excluding hydrogens is 301 g/mol. The summed E-state index contributed by atoms with van der Waals surface area (Å²) >= 11 is 2.34. The number of amides is 1. The Balaban J connectivity index is 2.00. The van der Waals surface area contributed by atoms with Gasteiger partial charge in [-0.25, -0.2) is 0 Å². The molecule has 0 saturated heterocycles. The highest BCUT2D eigenvalue weighted by molar-refractivity contribution is 14.1. The molecule has 3 heteroatoms. The third kappa shape index (κ3) is 6.38. The average Bonchev–Trinajstić information content (AvgIpc) is 2.28. The second-order valence-electron chi connectivity index (χ2n) is 4.44. The van der Waals surface area contributed by atoms with Gasteiger partial charge in [-0.05, 0) is 18.8 Å². The Hall–Kier alpha value is 0.200. The van der Waals surface area contributed by atoms with Crippen molar-refractivity contribution < 1.29 is 4.79 Å². The van der Waals surface area contributed by atoms with Crippen LogP contribution in [0.4, 0.5) is 0 Å². The summed E-state index contributed by atoms with van der Waals surface area (Å²) in [5, 5.41) is 2.98. The highest BCUT2D eigenvalue weighted by Crippen LogP contribution is 2.27. The molecule has 0 spiro atoms. The Kier molecular flexibility index (Phi) is 7.40. The van der Waals surface area contributed by atoms with Gasteiger partial charge in [0.25, 0.3) is 0 Å². The first-order valence-electron chi connectivity index (χ1n) is 6.15. The number of carbonyl (C=O) groups excluding carboxylic acids is 1. The molecule has 1 fully saturated rings. The van der Waals surface area contributed by atoms with Gasteiger partial charge in [0.15, 0.2) is 0 Å². The molecule has 0 aromatic heterocycles. The summed E-state index contributed by atoms with van der Waals surface area (Å²) in [6.07, 6.45) is 9.79. The molecule has 1 aliphatic rings. The van der Waals surface area contributed by atoms with Crippen LogP contribution >= 0.6 is 22.6 Å². The lowest BCUT2D eigenvalue weighted by molar-refractivity contribution is -0.121. The van der Waals surface area contributed by atoms with Crippen molar-refractivity contribution in [1.82, 2.24) is 5.32 Å². The van der Waals surface area contributed by atoms with Gasteiger partial charge in [0.2, 0.25) is 5.91 Å². The number of alkyl halides is 1. The highest BCUT2D eigenvalue weighted by Gasteiger charge is 2.14. The van der Waals surface area contributed by atoms with Crippen molar-refractivity contribution in [3.63, 3.8) is 0 Å². The minimum Gasteiger partial charge on any atom is -0.356 e. The molecule has 0 unspecified atom stereocenters. The average molecular weight is 323 g/mol. The van der Waals surface area contributed by atoms with Crippen LogP contribution in [-0.4, -0.2) is 16.9 Å². The van der Waals surface area contributed by atoms with E-state index < -0.39 is 0 Å². The summed E-state index contributed by atoms with van der Waals surface area (Å²) in [6.45, 7) is 0.854. The van der Waals surface area contributed by atoms with Crippen LogP contribution in [-0.2, 0) is 4.79 Å². The first-order valence-corrected chi connectivity index (χ1v) is 7.68. The quantitative estimate of drug-likeness (QED) is 0.454. The van der Waals surface area contributed by atoms with Gasteiger partial charge in [-0.1, -0.05) is 54.7 Å². The lowest BCUT2D eigenvalue weighted by Gasteiger charge is -2.20. The Morgan fingerprint density at radius 1 is 1.27 bits per heavy atom. The number of carbonyl (C=O) groups is 1. The molecule has 0 bridgehead atoms. The first kappa shape index (κ1) is 13.3. The zero-order valence-corrected chi connectivity index (χ0v) is 11.6. The van der Waals surface area contributed by atoms with E-state index in [1.807, 2.05) is 0 Å². The molecule has 1 aliphatic carbocycles. The van der Waals surface area contributed by atoms with Gasteiger partial charge in [0.05, 0.1) is 0 Å². The zero-order chi connectivity index (χ0) is 10.9. The van der Waals surface area contributed by atoms with E-state index in [0.717, 1.165) is 36.2 Å². The topological polar surface area (TPSA) is 29.1 Å². The number of nitrogens with one attached hydrogen (secondary N) is 1. The van der Waals surface area contributed by atoms with E-state index in [0.29, 0.717) is 0 Å². The van der Waals surface area contributed by atoms with Gasteiger partial charge in [0, 0.05) is 17.4 Å². The van der Waals surface area contributed by atoms with Crippen molar-refractivity contribution in [3.05, 3.63) is 0 Å². The molecule has 0 radical (unpaired) electrons. The Bertz CT molecular complexity index is 178. The van der Waals surface area contributed by atoms with Crippen LogP contribution in [0.5, 0.6) is 0 Å². The molecule has 0 aromatic carbocycles. The van der Waals surface area contributed by atoms with Gasteiger partial charge < -0.3 is 5.32 Å². The second-order valence-corrected chi connectivity index (χ2v) is 5.51. The maximum atomic E-state index is 11.4. The molecule has 0 atom stereocenters. The molecule has 2 nitrogen and oxygen atoms in total. The number of rotatable bonds is 6. The second kappa shape index (κ2) is 8.36. The largest absolute Gasteiger partial charge is 0.356 e. The van der Waals surface area contributed by atoms with Gasteiger partial charge in [-0.15, -0.1) is 0 Å². The molecule has 0 aromatic rings. The van der Waals surface area contributed by atoms with E-state index in [4.69, 9.17) is 0 Å². The Morgan fingerprint density at radius 2 is 2.00 bits per heavy atom. The highest BCUT2D eigenvalue weighted by atomic mass is 127. The Labute approximate surface area is 107 Å². The minimum atomic E-state index is 0.255. The normalized spacial score (nSPS) is 17.7. The summed E-state index contributed by atoms with van der Waals surface area (Å²) in [7, 11) is 0. The van der Waals surface area contributed by atoms with Crippen LogP contribution in [0.1, 0.15) is 51.4 Å². The van der Waals surface area contributed by atoms with Crippen LogP contribution in [0.25, 0.3) is 0 Å². The Morgan fingerprint density at radius 3 is 2.67 bits per heavy atom. The van der Waals surface area contributed by atoms with E-state index in [9.17, 15) is 4.79 Å². The van der Waals surface area contributed by atoms with E-state index >= 15 is 0 Å². The third-order valence-electron chi connectivity index (χ3n) is 3.14. The van der Waals surface area contributed by atoms with Gasteiger partial charge in [0.1, 0.15) is 0 Å². The van der Waals surface area contributed by atoms with E-state index in [-0.39, 0.29) is 5.91 Å². The van der Waals surface area contributed by atoms with Crippen LogP contribution in [0.2, 0.25) is 0 Å². The van der Waals surface area contributed by atoms with Crippen molar-refractivity contribution >= 4 is 28.5 Å². The summed E-state index contributed by atoms with van der Waals surface area (Å²) in [6, 6.07) is 0. The maximum absolute atomic E-state index is 11.4. The molecule has 0 aliphatic heterocycles. The van der Waals surface area contributed by atoms with Crippen LogP contribution in [0.3, 0.4) is 0 Å². The summed E-state index contributed by atoms with van der Waals surface area (Å²) < 4.78 is 1.13. The standard InChI is InChI=1S/C12H22INO/c13-9-4-10-14-12(15)8-7-11-5-2-1-3-6-11/h11H,1-10H2,(H,14,15). The fourth-order valence-electron chi connectivity index (χ4n) is 2.19. The minimum absolute atomic E-state index is 0.255. The number of hydrogen-bond acceptors (Lipinski definition) is 1. The van der Waals surface area contributed by atoms with E-state index in [1.165, 1.54) is 32.1 Å². The van der Waals surface area contributed by atoms with Crippen LogP contribution < -0.4 is 5.32 Å². The summed E-state index contributed by atoms with van der Waals surface area (Å²) in [4.78, 5) is 11.4. The molecule has 1 saturated carbocycles. The monoisotopic (exact) mass is 323 g/mol. The van der Waals surface area contributed by atoms with Gasteiger partial charge in [-0.2, -0.15) is 0 Å². The van der Waals surface area contributed by atoms with E-state index in [2.05, 4.69) is 27.9 Å². The summed E-state index contributed by atoms with van der Waals surface area (Å²) in [5.41, 5.74) is 0. The van der Waals surface area contributed by atoms with Crippen molar-refractivity contribution in [1.29, 1.82) is 0 Å². The summed E-state index contributed by atoms with van der Waals surface area (Å²) in [5.74, 6) is 1.08. The van der Waals surface area contributed by atoms with Gasteiger partial charge >= 0.3 is 0 Å². The fraction of sp³-hybridized carbons (Fsp3) is 0.917. The molecule has 1 N–H and O–H groups in total. The van der Waals surface area contributed by atoms with Crippen LogP contribution in [0.15, 0.2) is 0 Å². The van der Waals surface area contributed by atoms with Gasteiger partial charge in [-0.3, -0.25) is 4.79 Å². The predicted molar refractivity (Wildman–Crippen MR) is 72.3 cm³/mol. The lowest BCUT2D eigenvalue weighted by atomic mass is 9.86. The molecule has 1 amide bonds. The zero-order valence-electron chi connectivity index (χ0n) is 9.43. The van der Waals surface area contributed by atoms with E-state index in [1.54, 1.807) is 0 Å².